The van der Waals surface area contributed by atoms with E-state index in [0.29, 0.717) is 16.1 Å². The first-order valence-corrected chi connectivity index (χ1v) is 18.4. The Morgan fingerprint density at radius 2 is 1.65 bits per heavy atom. The van der Waals surface area contributed by atoms with Gasteiger partial charge < -0.3 is 4.57 Å². The smallest absolute Gasteiger partial charge is 0.265 e. The summed E-state index contributed by atoms with van der Waals surface area (Å²) in [5, 5.41) is 12.5. The molecule has 12 heteroatoms. The van der Waals surface area contributed by atoms with Crippen LogP contribution in [0, 0.1) is 28.9 Å². The first-order chi connectivity index (χ1) is 24.5. The van der Waals surface area contributed by atoms with Crippen LogP contribution < -0.4 is 9.44 Å². The summed E-state index contributed by atoms with van der Waals surface area (Å²) in [4.78, 5) is 24.2. The van der Waals surface area contributed by atoms with Gasteiger partial charge in [0, 0.05) is 56.7 Å². The minimum Gasteiger partial charge on any atom is -0.347 e. The second-order valence-electron chi connectivity index (χ2n) is 11.7. The number of hydrogen-bond donors (Lipinski definition) is 2. The number of hydrogen-bond acceptors (Lipinski definition) is 7. The minimum atomic E-state index is -4.10. The highest BCUT2D eigenvalue weighted by Gasteiger charge is 2.31. The molecule has 1 aromatic heterocycles. The molecule has 256 valence electrons. The van der Waals surface area contributed by atoms with Crippen molar-refractivity contribution in [3.05, 3.63) is 163 Å². The molecule has 1 aliphatic rings. The third kappa shape index (κ3) is 8.01. The number of carbonyl (C=O) groups excluding carboxylic acids is 1. The van der Waals surface area contributed by atoms with E-state index in [-0.39, 0.29) is 22.7 Å². The van der Waals surface area contributed by atoms with Crippen LogP contribution in [0.5, 0.6) is 0 Å². The largest absolute Gasteiger partial charge is 0.347 e. The van der Waals surface area contributed by atoms with Gasteiger partial charge in [0.2, 0.25) is 0 Å². The number of nitro groups is 1. The molecule has 0 radical (unpaired) electrons. The number of aldehydes is 1. The number of rotatable bonds is 10. The molecule has 51 heavy (non-hydrogen) atoms. The molecule has 0 fully saturated rings. The maximum Gasteiger partial charge on any atom is 0.265 e. The fourth-order valence-corrected chi connectivity index (χ4v) is 7.77. The van der Waals surface area contributed by atoms with Gasteiger partial charge in [-0.1, -0.05) is 72.0 Å². The van der Waals surface area contributed by atoms with E-state index in [4.69, 9.17) is 11.6 Å². The van der Waals surface area contributed by atoms with Crippen LogP contribution in [0.25, 0.3) is 22.4 Å². The topological polar surface area (TPSA) is 123 Å². The van der Waals surface area contributed by atoms with E-state index in [0.717, 1.165) is 50.9 Å². The quantitative estimate of drug-likeness (QED) is 0.0486. The summed E-state index contributed by atoms with van der Waals surface area (Å²) < 4.78 is 34.0. The van der Waals surface area contributed by atoms with E-state index < -0.39 is 21.0 Å². The van der Waals surface area contributed by atoms with E-state index in [1.54, 1.807) is 24.3 Å². The van der Waals surface area contributed by atoms with Gasteiger partial charge in [-0.25, -0.2) is 13.1 Å². The molecule has 4 aromatic carbocycles. The van der Waals surface area contributed by atoms with Crippen LogP contribution in [-0.4, -0.2) is 30.2 Å². The molecule has 0 spiro atoms. The summed E-state index contributed by atoms with van der Waals surface area (Å²) in [5.74, 6) is 6.28. The summed E-state index contributed by atoms with van der Waals surface area (Å²) >= 11 is 7.39. The van der Waals surface area contributed by atoms with Gasteiger partial charge in [0.15, 0.2) is 6.29 Å². The van der Waals surface area contributed by atoms with E-state index in [1.807, 2.05) is 97.4 Å². The molecule has 9 nitrogen and oxygen atoms in total. The molecule has 2 N–H and O–H groups in total. The number of nitrogens with zero attached hydrogens (tertiary/aromatic N) is 2. The average Bonchev–Trinajstić information content (AvgIpc) is 3.39. The van der Waals surface area contributed by atoms with Crippen LogP contribution in [0.3, 0.4) is 0 Å². The van der Waals surface area contributed by atoms with Crippen molar-refractivity contribution in [1.82, 2.24) is 9.29 Å². The van der Waals surface area contributed by atoms with E-state index >= 15 is 0 Å². The van der Waals surface area contributed by atoms with Crippen molar-refractivity contribution in [2.24, 2.45) is 7.05 Å². The van der Waals surface area contributed by atoms with Crippen LogP contribution >= 0.6 is 23.5 Å². The molecule has 0 aliphatic heterocycles. The fourth-order valence-electron chi connectivity index (χ4n) is 5.70. The predicted octanol–water partition coefficient (Wildman–Crippen LogP) is 8.39. The summed E-state index contributed by atoms with van der Waals surface area (Å²) in [6.45, 7) is 1.91. The number of nitrogens with one attached hydrogen (secondary N) is 2. The zero-order valence-electron chi connectivity index (χ0n) is 27.5. The van der Waals surface area contributed by atoms with Crippen molar-refractivity contribution in [3.63, 3.8) is 0 Å². The molecule has 0 saturated heterocycles. The van der Waals surface area contributed by atoms with Crippen molar-refractivity contribution in [2.75, 3.05) is 4.72 Å². The molecule has 1 atom stereocenters. The number of sulfonamides is 1. The molecule has 0 saturated carbocycles. The van der Waals surface area contributed by atoms with Crippen LogP contribution in [-0.2, 0) is 17.1 Å². The Kier molecular flexibility index (Phi) is 10.6. The van der Waals surface area contributed by atoms with Gasteiger partial charge in [-0.2, -0.15) is 0 Å². The Balaban J connectivity index is 1.18. The number of carbonyl (C=O) groups is 1. The Hall–Kier alpha value is -5.38. The highest BCUT2D eigenvalue weighted by molar-refractivity contribution is 7.97. The molecule has 1 unspecified atom stereocenters. The molecular formula is C39H31ClN4O5S2. The zero-order valence-corrected chi connectivity index (χ0v) is 29.9. The lowest BCUT2D eigenvalue weighted by atomic mass is 9.96. The maximum atomic E-state index is 13.2. The Bertz CT molecular complexity index is 2360. The Morgan fingerprint density at radius 1 is 0.941 bits per heavy atom. The van der Waals surface area contributed by atoms with Gasteiger partial charge >= 0.3 is 0 Å². The van der Waals surface area contributed by atoms with Gasteiger partial charge in [0.25, 0.3) is 15.7 Å². The molecule has 1 heterocycles. The first-order valence-electron chi connectivity index (χ1n) is 15.7. The summed E-state index contributed by atoms with van der Waals surface area (Å²) in [6, 6.07) is 30.3. The number of benzene rings is 4. The van der Waals surface area contributed by atoms with Gasteiger partial charge in [0.1, 0.15) is 6.04 Å². The maximum absolute atomic E-state index is 13.2. The summed E-state index contributed by atoms with van der Waals surface area (Å²) in [5.41, 5.74) is 6.32. The molecule has 5 aromatic rings. The van der Waals surface area contributed by atoms with E-state index in [9.17, 15) is 23.3 Å². The van der Waals surface area contributed by atoms with Gasteiger partial charge in [-0.3, -0.25) is 19.6 Å². The highest BCUT2D eigenvalue weighted by atomic mass is 35.5. The standard InChI is InChI=1S/C39H31ClN4O5S2/c1-26-35(25-45)38(39(43(26)2)29-15-17-31(40)18-16-29)30-8-6-7-28(23-30)12-11-27-13-19-32(20-14-27)42-51(48,49)34-21-22-36(37(24-34)44(46)47)41-50-33-9-4-3-5-10-33/h3-10,13-21,23-25,36,41-42H,22H2,1-2H3. The lowest BCUT2D eigenvalue weighted by molar-refractivity contribution is -0.430. The summed E-state index contributed by atoms with van der Waals surface area (Å²) in [6.07, 6.45) is 3.57. The molecule has 0 bridgehead atoms. The fraction of sp³-hybridized carbons (Fsp3) is 0.103. The third-order valence-electron chi connectivity index (χ3n) is 8.39. The average molecular weight is 735 g/mol. The first kappa shape index (κ1) is 35.4. The van der Waals surface area contributed by atoms with Crippen LogP contribution in [0.1, 0.15) is 33.6 Å². The van der Waals surface area contributed by atoms with Gasteiger partial charge in [-0.05, 0) is 97.1 Å². The van der Waals surface area contributed by atoms with Crippen molar-refractivity contribution in [3.8, 4) is 34.2 Å². The SMILES string of the molecule is Cc1c(C=O)c(-c2cccc(C#Cc3ccc(NS(=O)(=O)C4=CCC(NSc5ccccc5)C([N+](=O)[O-])=C4)cc3)c2)c(-c2ccc(Cl)cc2)n1C. The molecule has 0 amide bonds. The van der Waals surface area contributed by atoms with Crippen LogP contribution in [0.2, 0.25) is 5.02 Å². The molecule has 1 aliphatic carbocycles. The van der Waals surface area contributed by atoms with Crippen molar-refractivity contribution < 1.29 is 18.1 Å². The van der Waals surface area contributed by atoms with Crippen molar-refractivity contribution >= 4 is 45.5 Å². The molecular weight excluding hydrogens is 704 g/mol. The number of anilines is 1. The van der Waals surface area contributed by atoms with Crippen molar-refractivity contribution in [2.45, 2.75) is 24.3 Å². The van der Waals surface area contributed by atoms with Gasteiger partial charge in [0.05, 0.1) is 15.5 Å². The number of allylic oxidation sites excluding steroid dienone is 1. The van der Waals surface area contributed by atoms with E-state index in [2.05, 4.69) is 21.3 Å². The van der Waals surface area contributed by atoms with Crippen molar-refractivity contribution in [1.29, 1.82) is 0 Å². The highest BCUT2D eigenvalue weighted by Crippen LogP contribution is 2.38. The number of aromatic nitrogens is 1. The van der Waals surface area contributed by atoms with Gasteiger partial charge in [-0.15, -0.1) is 0 Å². The zero-order chi connectivity index (χ0) is 36.1. The normalized spacial score (nSPS) is 14.1. The number of halogens is 1. The lowest BCUT2D eigenvalue weighted by Crippen LogP contribution is -2.31. The second kappa shape index (κ2) is 15.2. The Morgan fingerprint density at radius 3 is 2.33 bits per heavy atom. The van der Waals surface area contributed by atoms with Crippen LogP contribution in [0.15, 0.2) is 131 Å². The molecule has 6 rings (SSSR count). The summed E-state index contributed by atoms with van der Waals surface area (Å²) in [7, 11) is -2.17. The Labute approximate surface area is 305 Å². The van der Waals surface area contributed by atoms with E-state index in [1.165, 1.54) is 18.0 Å². The minimum absolute atomic E-state index is 0.126. The van der Waals surface area contributed by atoms with Crippen LogP contribution in [0.4, 0.5) is 5.69 Å². The second-order valence-corrected chi connectivity index (χ2v) is 14.7. The third-order valence-corrected chi connectivity index (χ3v) is 11.0. The lowest BCUT2D eigenvalue weighted by Gasteiger charge is -2.19. The monoisotopic (exact) mass is 734 g/mol. The predicted molar refractivity (Wildman–Crippen MR) is 203 cm³/mol.